The van der Waals surface area contributed by atoms with Crippen molar-refractivity contribution in [1.82, 2.24) is 13.5 Å². The average molecular weight is 344 g/mol. The van der Waals surface area contributed by atoms with E-state index in [-0.39, 0.29) is 24.0 Å². The van der Waals surface area contributed by atoms with Crippen molar-refractivity contribution in [1.29, 1.82) is 0 Å². The lowest BCUT2D eigenvalue weighted by molar-refractivity contribution is -0.116. The third-order valence-electron chi connectivity index (χ3n) is 3.58. The van der Waals surface area contributed by atoms with Crippen LogP contribution in [-0.4, -0.2) is 19.4 Å². The lowest BCUT2D eigenvalue weighted by atomic mass is 10.3. The number of hydrogen-bond acceptors (Lipinski definition) is 5. The van der Waals surface area contributed by atoms with Crippen LogP contribution in [0.3, 0.4) is 0 Å². The first kappa shape index (κ1) is 16.1. The standard InChI is InChI=1S/C16H16N4O3S/c1-10(2)20-15(22)14-12(9-24-18-14)19(16(20)23)8-13(21)17-11-6-4-3-5-7-11/h3-7,9-10H,8H2,1-2H3,(H,17,21). The van der Waals surface area contributed by atoms with E-state index in [1.165, 1.54) is 4.57 Å². The molecule has 0 unspecified atom stereocenters. The number of fused-ring (bicyclic) bond motifs is 1. The molecule has 0 atom stereocenters. The van der Waals surface area contributed by atoms with Crippen molar-refractivity contribution in [2.45, 2.75) is 26.4 Å². The molecule has 0 fully saturated rings. The molecule has 3 rings (SSSR count). The lowest BCUT2D eigenvalue weighted by Gasteiger charge is -2.14. The molecule has 0 aliphatic carbocycles. The van der Waals surface area contributed by atoms with Gasteiger partial charge in [0.2, 0.25) is 5.91 Å². The minimum absolute atomic E-state index is 0.185. The summed E-state index contributed by atoms with van der Waals surface area (Å²) in [5, 5.41) is 4.34. The molecule has 1 amide bonds. The molecule has 3 aromatic rings. The Balaban J connectivity index is 2.03. The zero-order chi connectivity index (χ0) is 17.3. The Morgan fingerprint density at radius 2 is 1.96 bits per heavy atom. The summed E-state index contributed by atoms with van der Waals surface area (Å²) in [5.74, 6) is -0.343. The molecular formula is C16H16N4O3S. The van der Waals surface area contributed by atoms with Crippen LogP contribution in [-0.2, 0) is 11.3 Å². The van der Waals surface area contributed by atoms with E-state index in [4.69, 9.17) is 0 Å². The van der Waals surface area contributed by atoms with Crippen LogP contribution in [0.15, 0.2) is 45.3 Å². The van der Waals surface area contributed by atoms with E-state index in [1.54, 1.807) is 31.4 Å². The summed E-state index contributed by atoms with van der Waals surface area (Å²) in [4.78, 5) is 37.3. The van der Waals surface area contributed by atoms with Crippen LogP contribution in [0.4, 0.5) is 5.69 Å². The second-order valence-electron chi connectivity index (χ2n) is 5.60. The molecule has 2 aromatic heterocycles. The quantitative estimate of drug-likeness (QED) is 0.782. The maximum Gasteiger partial charge on any atom is 0.332 e. The summed E-state index contributed by atoms with van der Waals surface area (Å²) in [7, 11) is 0. The average Bonchev–Trinajstić information content (AvgIpc) is 3.02. The smallest absolute Gasteiger partial charge is 0.325 e. The van der Waals surface area contributed by atoms with Crippen LogP contribution >= 0.6 is 11.5 Å². The van der Waals surface area contributed by atoms with Crippen molar-refractivity contribution in [2.75, 3.05) is 5.32 Å². The van der Waals surface area contributed by atoms with Gasteiger partial charge in [0.25, 0.3) is 5.56 Å². The molecule has 8 heteroatoms. The molecule has 7 nitrogen and oxygen atoms in total. The van der Waals surface area contributed by atoms with Gasteiger partial charge in [-0.05, 0) is 37.5 Å². The largest absolute Gasteiger partial charge is 0.332 e. The van der Waals surface area contributed by atoms with E-state index in [9.17, 15) is 14.4 Å². The van der Waals surface area contributed by atoms with Crippen LogP contribution in [0.5, 0.6) is 0 Å². The Morgan fingerprint density at radius 3 is 2.62 bits per heavy atom. The van der Waals surface area contributed by atoms with E-state index in [2.05, 4.69) is 9.69 Å². The van der Waals surface area contributed by atoms with Crippen LogP contribution in [0, 0.1) is 0 Å². The molecule has 1 N–H and O–H groups in total. The Morgan fingerprint density at radius 1 is 1.25 bits per heavy atom. The molecule has 0 saturated carbocycles. The predicted octanol–water partition coefficient (Wildman–Crippen LogP) is 1.84. The summed E-state index contributed by atoms with van der Waals surface area (Å²) in [5.41, 5.74) is 0.306. The number of carbonyl (C=O) groups is 1. The highest BCUT2D eigenvalue weighted by Gasteiger charge is 2.18. The van der Waals surface area contributed by atoms with E-state index in [0.29, 0.717) is 11.2 Å². The topological polar surface area (TPSA) is 86.0 Å². The van der Waals surface area contributed by atoms with Gasteiger partial charge >= 0.3 is 5.69 Å². The van der Waals surface area contributed by atoms with Crippen molar-refractivity contribution in [3.63, 3.8) is 0 Å². The molecule has 0 radical (unpaired) electrons. The Hall–Kier alpha value is -2.74. The molecule has 124 valence electrons. The molecule has 0 spiro atoms. The number of benzene rings is 1. The number of carbonyl (C=O) groups excluding carboxylic acids is 1. The summed E-state index contributed by atoms with van der Waals surface area (Å²) >= 11 is 1.09. The molecule has 0 saturated heterocycles. The van der Waals surface area contributed by atoms with Gasteiger partial charge in [-0.3, -0.25) is 18.7 Å². The molecule has 0 bridgehead atoms. The van der Waals surface area contributed by atoms with Gasteiger partial charge in [-0.25, -0.2) is 4.79 Å². The number of rotatable bonds is 4. The van der Waals surface area contributed by atoms with Crippen LogP contribution in [0.2, 0.25) is 0 Å². The Bertz CT molecular complexity index is 1000. The number of aromatic nitrogens is 3. The summed E-state index contributed by atoms with van der Waals surface area (Å²) in [6, 6.07) is 8.66. The summed E-state index contributed by atoms with van der Waals surface area (Å²) in [6.45, 7) is 3.31. The second kappa shape index (κ2) is 6.40. The number of para-hydroxylation sites is 1. The normalized spacial score (nSPS) is 11.1. The molecule has 24 heavy (non-hydrogen) atoms. The van der Waals surface area contributed by atoms with Crippen LogP contribution in [0.25, 0.3) is 11.0 Å². The minimum Gasteiger partial charge on any atom is -0.325 e. The van der Waals surface area contributed by atoms with E-state index >= 15 is 0 Å². The van der Waals surface area contributed by atoms with Crippen molar-refractivity contribution >= 4 is 34.2 Å². The van der Waals surface area contributed by atoms with Gasteiger partial charge < -0.3 is 5.32 Å². The molecular weight excluding hydrogens is 328 g/mol. The van der Waals surface area contributed by atoms with Gasteiger partial charge in [0.1, 0.15) is 6.54 Å². The van der Waals surface area contributed by atoms with E-state index in [1.807, 2.05) is 18.2 Å². The SMILES string of the molecule is CC(C)n1c(=O)c2nscc2n(CC(=O)Nc2ccccc2)c1=O. The first-order chi connectivity index (χ1) is 11.5. The molecule has 1 aromatic carbocycles. The molecule has 0 aliphatic rings. The van der Waals surface area contributed by atoms with E-state index in [0.717, 1.165) is 16.1 Å². The van der Waals surface area contributed by atoms with Gasteiger partial charge in [-0.2, -0.15) is 4.37 Å². The summed E-state index contributed by atoms with van der Waals surface area (Å²) < 4.78 is 6.48. The predicted molar refractivity (Wildman–Crippen MR) is 93.6 cm³/mol. The van der Waals surface area contributed by atoms with Crippen LogP contribution < -0.4 is 16.6 Å². The Kier molecular flexibility index (Phi) is 4.30. The fraction of sp³-hybridized carbons (Fsp3) is 0.250. The van der Waals surface area contributed by atoms with Gasteiger partial charge in [0.15, 0.2) is 5.52 Å². The van der Waals surface area contributed by atoms with Crippen molar-refractivity contribution in [3.05, 3.63) is 56.5 Å². The monoisotopic (exact) mass is 344 g/mol. The fourth-order valence-corrected chi connectivity index (χ4v) is 3.15. The first-order valence-electron chi connectivity index (χ1n) is 7.43. The van der Waals surface area contributed by atoms with Gasteiger partial charge in [-0.1, -0.05) is 18.2 Å². The maximum absolute atomic E-state index is 12.7. The third-order valence-corrected chi connectivity index (χ3v) is 4.19. The highest BCUT2D eigenvalue weighted by Crippen LogP contribution is 2.11. The number of nitrogens with one attached hydrogen (secondary N) is 1. The number of anilines is 1. The van der Waals surface area contributed by atoms with Gasteiger partial charge in [-0.15, -0.1) is 0 Å². The first-order valence-corrected chi connectivity index (χ1v) is 8.27. The van der Waals surface area contributed by atoms with Crippen molar-refractivity contribution in [3.8, 4) is 0 Å². The highest BCUT2D eigenvalue weighted by atomic mass is 32.1. The molecule has 0 aliphatic heterocycles. The minimum atomic E-state index is -0.508. The van der Waals surface area contributed by atoms with Gasteiger partial charge in [0, 0.05) is 17.1 Å². The second-order valence-corrected chi connectivity index (χ2v) is 6.23. The third kappa shape index (κ3) is 2.88. The van der Waals surface area contributed by atoms with Crippen molar-refractivity contribution < 1.29 is 4.79 Å². The molecule has 2 heterocycles. The zero-order valence-corrected chi connectivity index (χ0v) is 14.0. The number of hydrogen-bond donors (Lipinski definition) is 1. The van der Waals surface area contributed by atoms with Crippen molar-refractivity contribution in [2.24, 2.45) is 0 Å². The van der Waals surface area contributed by atoms with Gasteiger partial charge in [0.05, 0.1) is 5.52 Å². The lowest BCUT2D eigenvalue weighted by Crippen LogP contribution is -2.42. The van der Waals surface area contributed by atoms with Crippen LogP contribution in [0.1, 0.15) is 19.9 Å². The van der Waals surface area contributed by atoms with E-state index < -0.39 is 11.2 Å². The zero-order valence-electron chi connectivity index (χ0n) is 13.2. The fourth-order valence-electron chi connectivity index (χ4n) is 2.48. The summed E-state index contributed by atoms with van der Waals surface area (Å²) in [6.07, 6.45) is 0. The highest BCUT2D eigenvalue weighted by molar-refractivity contribution is 7.04. The number of amides is 1. The number of nitrogens with zero attached hydrogens (tertiary/aromatic N) is 3. The maximum atomic E-state index is 12.7. The Labute approximate surface area is 141 Å².